The van der Waals surface area contributed by atoms with E-state index in [1.165, 1.54) is 0 Å². The van der Waals surface area contributed by atoms with E-state index in [9.17, 15) is 0 Å². The molecular formula is C3CoN3Na. The zero-order valence-electron chi connectivity index (χ0n) is 4.17. The summed E-state index contributed by atoms with van der Waals surface area (Å²) >= 11 is 0. The van der Waals surface area contributed by atoms with Crippen LogP contribution in [0.25, 0.3) is 0 Å². The summed E-state index contributed by atoms with van der Waals surface area (Å²) in [5, 5.41) is 18.8. The van der Waals surface area contributed by atoms with Crippen molar-refractivity contribution in [2.45, 2.75) is 0 Å². The molecule has 0 atom stereocenters. The Bertz CT molecular complexity index is 43.0. The monoisotopic (exact) mass is 160 g/mol. The van der Waals surface area contributed by atoms with Crippen LogP contribution < -0.4 is 29.6 Å². The Balaban J connectivity index is -0.00000000500. The number of hydrogen-bond acceptors (Lipinski definition) is 3. The van der Waals surface area contributed by atoms with E-state index in [1.807, 2.05) is 0 Å². The normalized spacial score (nSPS) is 0.750. The van der Waals surface area contributed by atoms with E-state index in [2.05, 4.69) is 0 Å². The topological polar surface area (TPSA) is 71.4 Å². The van der Waals surface area contributed by atoms with Gasteiger partial charge < -0.3 is 35.5 Å². The molecule has 0 aromatic heterocycles. The van der Waals surface area contributed by atoms with Crippen LogP contribution in [0.5, 0.6) is 0 Å². The zero-order chi connectivity index (χ0) is 6.00. The third-order valence-electron chi connectivity index (χ3n) is 0. The molecule has 0 aromatic rings. The molecule has 37 valence electrons. The van der Waals surface area contributed by atoms with E-state index >= 15 is 0 Å². The van der Waals surface area contributed by atoms with Gasteiger partial charge >= 0.3 is 46.3 Å². The molecule has 0 aromatic carbocycles. The summed E-state index contributed by atoms with van der Waals surface area (Å²) < 4.78 is 0. The van der Waals surface area contributed by atoms with Crippen LogP contribution in [0.4, 0.5) is 0 Å². The van der Waals surface area contributed by atoms with Gasteiger partial charge in [-0.3, -0.25) is 0 Å². The maximum absolute atomic E-state index is 6.25. The van der Waals surface area contributed by atoms with Crippen LogP contribution in [0, 0.1) is 35.5 Å². The fourth-order valence-electron chi connectivity index (χ4n) is 0. The molecule has 0 aliphatic rings. The van der Waals surface area contributed by atoms with Gasteiger partial charge in [-0.1, -0.05) is 0 Å². The molecule has 5 heteroatoms. The third kappa shape index (κ3) is 268000. The van der Waals surface area contributed by atoms with Crippen LogP contribution in [0.15, 0.2) is 0 Å². The fourth-order valence-corrected chi connectivity index (χ4v) is 0. The first-order valence-electron chi connectivity index (χ1n) is 0.671. The Hall–Kier alpha value is -0.0235. The molecular weight excluding hydrogens is 160 g/mol. The van der Waals surface area contributed by atoms with Crippen molar-refractivity contribution in [3.63, 3.8) is 0 Å². The fraction of sp³-hybridized carbons (Fsp3) is 0. The Labute approximate surface area is 81.4 Å². The van der Waals surface area contributed by atoms with Crippen LogP contribution in [0.3, 0.4) is 0 Å². The van der Waals surface area contributed by atoms with Crippen LogP contribution >= 0.6 is 0 Å². The van der Waals surface area contributed by atoms with Gasteiger partial charge in [-0.25, -0.2) is 0 Å². The van der Waals surface area contributed by atoms with Crippen molar-refractivity contribution >= 4 is 0 Å². The summed E-state index contributed by atoms with van der Waals surface area (Å²) in [7, 11) is 0. The molecule has 8 heavy (non-hydrogen) atoms. The summed E-state index contributed by atoms with van der Waals surface area (Å²) in [6.45, 7) is 14.2. The molecule has 0 bridgehead atoms. The average Bonchev–Trinajstić information content (AvgIpc) is 1.81. The van der Waals surface area contributed by atoms with Gasteiger partial charge in [0.2, 0.25) is 0 Å². The molecule has 1 radical (unpaired) electrons. The average molecular weight is 160 g/mol. The van der Waals surface area contributed by atoms with Gasteiger partial charge in [-0.05, 0) is 0 Å². The predicted octanol–water partition coefficient (Wildman–Crippen LogP) is -2.71. The molecule has 0 N–H and O–H groups in total. The van der Waals surface area contributed by atoms with Crippen LogP contribution in [-0.4, -0.2) is 0 Å². The Morgan fingerprint density at radius 2 is 0.625 bits per heavy atom. The Morgan fingerprint density at radius 3 is 0.625 bits per heavy atom. The van der Waals surface area contributed by atoms with Crippen molar-refractivity contribution in [1.82, 2.24) is 0 Å². The zero-order valence-corrected chi connectivity index (χ0v) is 7.22. The third-order valence-corrected chi connectivity index (χ3v) is 0. The number of nitrogens with zero attached hydrogens (tertiary/aromatic N) is 3. The summed E-state index contributed by atoms with van der Waals surface area (Å²) in [4.78, 5) is 0. The number of hydrogen-bond donors (Lipinski definition) is 0. The second-order valence-corrected chi connectivity index (χ2v) is 0. The van der Waals surface area contributed by atoms with Crippen LogP contribution in [-0.2, 0) is 16.8 Å². The molecule has 3 nitrogen and oxygen atoms in total. The second-order valence-electron chi connectivity index (χ2n) is 0. The van der Waals surface area contributed by atoms with Gasteiger partial charge in [0.25, 0.3) is 0 Å². The first-order valence-corrected chi connectivity index (χ1v) is 0.671. The SMILES string of the molecule is [C-]#N.[C-]#N.[C-]#N.[Co+2].[Na+]. The molecule has 0 aliphatic heterocycles. The van der Waals surface area contributed by atoms with Crippen molar-refractivity contribution in [2.24, 2.45) is 0 Å². The van der Waals surface area contributed by atoms with E-state index < -0.39 is 0 Å². The van der Waals surface area contributed by atoms with Gasteiger partial charge in [0, 0.05) is 0 Å². The summed E-state index contributed by atoms with van der Waals surface area (Å²) in [5.74, 6) is 0. The quantitative estimate of drug-likeness (QED) is 0.285. The Kier molecular flexibility index (Phi) is 2470000. The standard InChI is InChI=1S/3CN.Co.Na/c3*1-2;;/q3*-1;+2;+1. The minimum absolute atomic E-state index is 0. The molecule has 0 rings (SSSR count). The molecule has 0 spiro atoms. The number of rotatable bonds is 0. The first-order chi connectivity index (χ1) is 3.00. The van der Waals surface area contributed by atoms with Gasteiger partial charge in [-0.2, -0.15) is 0 Å². The van der Waals surface area contributed by atoms with Crippen molar-refractivity contribution < 1.29 is 46.3 Å². The maximum Gasteiger partial charge on any atom is 2.00 e. The van der Waals surface area contributed by atoms with Crippen molar-refractivity contribution in [3.8, 4) is 0 Å². The van der Waals surface area contributed by atoms with Crippen LogP contribution in [0.2, 0.25) is 0 Å². The van der Waals surface area contributed by atoms with E-state index in [-0.39, 0.29) is 46.3 Å². The predicted molar refractivity (Wildman–Crippen MR) is 14.9 cm³/mol. The van der Waals surface area contributed by atoms with Gasteiger partial charge in [0.15, 0.2) is 0 Å². The Morgan fingerprint density at radius 1 is 0.625 bits per heavy atom. The molecule has 0 fully saturated rings. The molecule has 0 saturated carbocycles. The summed E-state index contributed by atoms with van der Waals surface area (Å²) in [6.07, 6.45) is 0. The van der Waals surface area contributed by atoms with E-state index in [4.69, 9.17) is 35.5 Å². The van der Waals surface area contributed by atoms with Gasteiger partial charge in [0.05, 0.1) is 0 Å². The molecule has 0 unspecified atom stereocenters. The van der Waals surface area contributed by atoms with Gasteiger partial charge in [0.1, 0.15) is 0 Å². The van der Waals surface area contributed by atoms with Crippen molar-refractivity contribution in [2.75, 3.05) is 0 Å². The van der Waals surface area contributed by atoms with E-state index in [0.29, 0.717) is 0 Å². The summed E-state index contributed by atoms with van der Waals surface area (Å²) in [6, 6.07) is 0. The maximum atomic E-state index is 6.25. The van der Waals surface area contributed by atoms with Crippen molar-refractivity contribution in [1.29, 1.82) is 15.8 Å². The smallest absolute Gasteiger partial charge is 0.512 e. The first kappa shape index (κ1) is 43.8. The molecule has 0 saturated heterocycles. The molecule has 0 amide bonds. The van der Waals surface area contributed by atoms with Crippen molar-refractivity contribution in [3.05, 3.63) is 19.7 Å². The largest absolute Gasteiger partial charge is 2.00 e. The molecule has 0 aliphatic carbocycles. The van der Waals surface area contributed by atoms with Crippen LogP contribution in [0.1, 0.15) is 0 Å². The minimum Gasteiger partial charge on any atom is -0.512 e. The molecule has 0 heterocycles. The van der Waals surface area contributed by atoms with E-state index in [1.54, 1.807) is 0 Å². The van der Waals surface area contributed by atoms with E-state index in [0.717, 1.165) is 0 Å². The minimum atomic E-state index is 0. The summed E-state index contributed by atoms with van der Waals surface area (Å²) in [5.41, 5.74) is 0. The second kappa shape index (κ2) is 451000. The van der Waals surface area contributed by atoms with Gasteiger partial charge in [-0.15, -0.1) is 0 Å².